The van der Waals surface area contributed by atoms with Gasteiger partial charge in [-0.25, -0.2) is 0 Å². The van der Waals surface area contributed by atoms with Crippen LogP contribution in [0, 0.1) is 0 Å². The first-order valence-electron chi connectivity index (χ1n) is 5.15. The van der Waals surface area contributed by atoms with Gasteiger partial charge in [-0.15, -0.1) is 0 Å². The Bertz CT molecular complexity index is 325. The molecule has 0 saturated heterocycles. The molecule has 16 heavy (non-hydrogen) atoms. The van der Waals surface area contributed by atoms with E-state index < -0.39 is 18.1 Å². The topological polar surface area (TPSA) is 35.2 Å². The Hall–Kier alpha value is -1.00. The van der Waals surface area contributed by atoms with E-state index in [0.29, 0.717) is 0 Å². The van der Waals surface area contributed by atoms with Gasteiger partial charge >= 0.3 is 0 Å². The largest absolute Gasteiger partial charge is 0.368 e. The summed E-state index contributed by atoms with van der Waals surface area (Å²) >= 11 is 0. The zero-order valence-electron chi connectivity index (χ0n) is 9.54. The van der Waals surface area contributed by atoms with Crippen molar-refractivity contribution < 1.29 is 13.5 Å². The molecule has 1 rings (SSSR count). The molecule has 0 spiro atoms. The van der Waals surface area contributed by atoms with E-state index in [1.165, 1.54) is 12.1 Å². The van der Waals surface area contributed by atoms with E-state index in [1.54, 1.807) is 32.0 Å². The molecular formula is C12H17F2NO. The molecule has 0 aliphatic rings. The van der Waals surface area contributed by atoms with E-state index in [-0.39, 0.29) is 12.1 Å². The van der Waals surface area contributed by atoms with E-state index in [2.05, 4.69) is 0 Å². The Morgan fingerprint density at radius 3 is 2.25 bits per heavy atom. The summed E-state index contributed by atoms with van der Waals surface area (Å²) in [5, 5.41) is 0. The number of halogens is 2. The van der Waals surface area contributed by atoms with Crippen molar-refractivity contribution in [3.63, 3.8) is 0 Å². The molecule has 0 radical (unpaired) electrons. The Balaban J connectivity index is 2.66. The molecule has 0 aliphatic heterocycles. The maximum absolute atomic E-state index is 13.7. The van der Waals surface area contributed by atoms with Crippen molar-refractivity contribution >= 4 is 0 Å². The SMILES string of the molecule is CC(C)(CN)OCC(F)(F)c1ccccc1. The van der Waals surface area contributed by atoms with E-state index in [1.807, 2.05) is 0 Å². The number of ether oxygens (including phenoxy) is 1. The van der Waals surface area contributed by atoms with Gasteiger partial charge < -0.3 is 10.5 Å². The molecule has 0 bridgehead atoms. The molecule has 0 fully saturated rings. The average Bonchev–Trinajstić information content (AvgIpc) is 2.28. The first-order chi connectivity index (χ1) is 7.37. The first kappa shape index (κ1) is 13.1. The Morgan fingerprint density at radius 1 is 1.19 bits per heavy atom. The molecule has 1 aromatic carbocycles. The summed E-state index contributed by atoms with van der Waals surface area (Å²) < 4.78 is 32.4. The van der Waals surface area contributed by atoms with Gasteiger partial charge in [-0.3, -0.25) is 0 Å². The van der Waals surface area contributed by atoms with Gasteiger partial charge in [0.05, 0.1) is 5.60 Å². The highest BCUT2D eigenvalue weighted by Crippen LogP contribution is 2.29. The van der Waals surface area contributed by atoms with Crippen LogP contribution in [0.3, 0.4) is 0 Å². The maximum Gasteiger partial charge on any atom is 0.296 e. The summed E-state index contributed by atoms with van der Waals surface area (Å²) in [5.74, 6) is -2.98. The molecule has 0 atom stereocenters. The summed E-state index contributed by atoms with van der Waals surface area (Å²) in [4.78, 5) is 0. The van der Waals surface area contributed by atoms with Crippen LogP contribution < -0.4 is 5.73 Å². The van der Waals surface area contributed by atoms with Gasteiger partial charge in [0.1, 0.15) is 6.61 Å². The van der Waals surface area contributed by atoms with E-state index in [0.717, 1.165) is 0 Å². The predicted molar refractivity (Wildman–Crippen MR) is 59.4 cm³/mol. The van der Waals surface area contributed by atoms with Crippen LogP contribution in [0.15, 0.2) is 30.3 Å². The van der Waals surface area contributed by atoms with Crippen molar-refractivity contribution in [3.8, 4) is 0 Å². The monoisotopic (exact) mass is 229 g/mol. The molecule has 0 heterocycles. The summed E-state index contributed by atoms with van der Waals surface area (Å²) in [7, 11) is 0. The van der Waals surface area contributed by atoms with Crippen LogP contribution in [-0.4, -0.2) is 18.8 Å². The highest BCUT2D eigenvalue weighted by molar-refractivity contribution is 5.19. The third-order valence-electron chi connectivity index (χ3n) is 2.33. The fourth-order valence-corrected chi connectivity index (χ4v) is 1.11. The minimum atomic E-state index is -2.98. The predicted octanol–water partition coefficient (Wildman–Crippen LogP) is 2.53. The zero-order valence-corrected chi connectivity index (χ0v) is 9.54. The Kier molecular flexibility index (Phi) is 3.99. The van der Waals surface area contributed by atoms with Crippen LogP contribution in [-0.2, 0) is 10.7 Å². The standard InChI is InChI=1S/C12H17F2NO/c1-11(2,8-15)16-9-12(13,14)10-6-4-3-5-7-10/h3-7H,8-9,15H2,1-2H3. The minimum absolute atomic E-state index is 0.0391. The van der Waals surface area contributed by atoms with Crippen molar-refractivity contribution in [3.05, 3.63) is 35.9 Å². The van der Waals surface area contributed by atoms with Crippen LogP contribution in [0.5, 0.6) is 0 Å². The van der Waals surface area contributed by atoms with Gasteiger partial charge in [0.2, 0.25) is 0 Å². The lowest BCUT2D eigenvalue weighted by Gasteiger charge is -2.26. The normalized spacial score (nSPS) is 12.8. The van der Waals surface area contributed by atoms with Crippen LogP contribution in [0.25, 0.3) is 0 Å². The van der Waals surface area contributed by atoms with Gasteiger partial charge in [-0.05, 0) is 13.8 Å². The maximum atomic E-state index is 13.7. The number of alkyl halides is 2. The van der Waals surface area contributed by atoms with Crippen LogP contribution in [0.1, 0.15) is 19.4 Å². The third kappa shape index (κ3) is 3.54. The molecule has 0 aliphatic carbocycles. The number of nitrogens with two attached hydrogens (primary N) is 1. The summed E-state index contributed by atoms with van der Waals surface area (Å²) in [6.07, 6.45) is 0. The smallest absolute Gasteiger partial charge is 0.296 e. The van der Waals surface area contributed by atoms with E-state index >= 15 is 0 Å². The third-order valence-corrected chi connectivity index (χ3v) is 2.33. The van der Waals surface area contributed by atoms with Gasteiger partial charge in [-0.1, -0.05) is 30.3 Å². The lowest BCUT2D eigenvalue weighted by atomic mass is 10.1. The molecule has 2 N–H and O–H groups in total. The zero-order chi connectivity index (χ0) is 12.2. The van der Waals surface area contributed by atoms with Crippen molar-refractivity contribution in [1.82, 2.24) is 0 Å². The Labute approximate surface area is 94.4 Å². The second-order valence-electron chi connectivity index (χ2n) is 4.32. The van der Waals surface area contributed by atoms with E-state index in [4.69, 9.17) is 10.5 Å². The van der Waals surface area contributed by atoms with Crippen molar-refractivity contribution in [1.29, 1.82) is 0 Å². The van der Waals surface area contributed by atoms with Crippen LogP contribution in [0.2, 0.25) is 0 Å². The Morgan fingerprint density at radius 2 is 1.75 bits per heavy atom. The van der Waals surface area contributed by atoms with Gasteiger partial charge in [-0.2, -0.15) is 8.78 Å². The second-order valence-corrected chi connectivity index (χ2v) is 4.32. The molecule has 0 aromatic heterocycles. The quantitative estimate of drug-likeness (QED) is 0.842. The lowest BCUT2D eigenvalue weighted by molar-refractivity contribution is -0.129. The summed E-state index contributed by atoms with van der Waals surface area (Å²) in [5.41, 5.74) is 4.64. The molecule has 2 nitrogen and oxygen atoms in total. The highest BCUT2D eigenvalue weighted by atomic mass is 19.3. The lowest BCUT2D eigenvalue weighted by Crippen LogP contribution is -2.37. The van der Waals surface area contributed by atoms with Crippen molar-refractivity contribution in [2.75, 3.05) is 13.2 Å². The van der Waals surface area contributed by atoms with Crippen LogP contribution in [0.4, 0.5) is 8.78 Å². The molecular weight excluding hydrogens is 212 g/mol. The number of rotatable bonds is 5. The van der Waals surface area contributed by atoms with Crippen LogP contribution >= 0.6 is 0 Å². The fourth-order valence-electron chi connectivity index (χ4n) is 1.11. The number of hydrogen-bond acceptors (Lipinski definition) is 2. The second kappa shape index (κ2) is 4.89. The first-order valence-corrected chi connectivity index (χ1v) is 5.15. The molecule has 0 amide bonds. The van der Waals surface area contributed by atoms with Gasteiger partial charge in [0, 0.05) is 12.1 Å². The average molecular weight is 229 g/mol. The molecule has 1 aromatic rings. The molecule has 90 valence electrons. The van der Waals surface area contributed by atoms with Gasteiger partial charge in [0.15, 0.2) is 0 Å². The molecule has 4 heteroatoms. The number of benzene rings is 1. The van der Waals surface area contributed by atoms with Crippen molar-refractivity contribution in [2.45, 2.75) is 25.4 Å². The van der Waals surface area contributed by atoms with Gasteiger partial charge in [0.25, 0.3) is 5.92 Å². The minimum Gasteiger partial charge on any atom is -0.368 e. The number of hydrogen-bond donors (Lipinski definition) is 1. The van der Waals surface area contributed by atoms with Crippen molar-refractivity contribution in [2.24, 2.45) is 5.73 Å². The molecule has 0 unspecified atom stereocenters. The summed E-state index contributed by atoms with van der Waals surface area (Å²) in [6, 6.07) is 7.64. The fraction of sp³-hybridized carbons (Fsp3) is 0.500. The molecule has 0 saturated carbocycles. The summed E-state index contributed by atoms with van der Waals surface area (Å²) in [6.45, 7) is 2.93. The van der Waals surface area contributed by atoms with E-state index in [9.17, 15) is 8.78 Å². The highest BCUT2D eigenvalue weighted by Gasteiger charge is 2.34.